The highest BCUT2D eigenvalue weighted by molar-refractivity contribution is 5.95. The molecule has 1 aliphatic rings. The minimum Gasteiger partial charge on any atom is -0.461 e. The fraction of sp³-hybridized carbons (Fsp3) is 0.353. The van der Waals surface area contributed by atoms with Crippen molar-refractivity contribution in [2.75, 3.05) is 13.2 Å². The van der Waals surface area contributed by atoms with Gasteiger partial charge in [0.2, 0.25) is 0 Å². The molecule has 0 radical (unpaired) electrons. The van der Waals surface area contributed by atoms with Crippen molar-refractivity contribution >= 4 is 5.91 Å². The average molecular weight is 285 g/mol. The number of nitrogens with zero attached hydrogens (tertiary/aromatic N) is 1. The lowest BCUT2D eigenvalue weighted by Crippen LogP contribution is -2.37. The van der Waals surface area contributed by atoms with Crippen LogP contribution in [0.2, 0.25) is 0 Å². The van der Waals surface area contributed by atoms with Crippen LogP contribution in [0.1, 0.15) is 29.0 Å². The Kier molecular flexibility index (Phi) is 3.80. The van der Waals surface area contributed by atoms with Gasteiger partial charge in [0.15, 0.2) is 0 Å². The van der Waals surface area contributed by atoms with Crippen LogP contribution in [0, 0.1) is 6.92 Å². The Morgan fingerprint density at radius 3 is 2.67 bits per heavy atom. The van der Waals surface area contributed by atoms with Crippen LogP contribution in [0.3, 0.4) is 0 Å². The van der Waals surface area contributed by atoms with E-state index in [1.807, 2.05) is 43.3 Å². The van der Waals surface area contributed by atoms with Crippen LogP contribution >= 0.6 is 0 Å². The summed E-state index contributed by atoms with van der Waals surface area (Å²) in [5, 5.41) is 9.32. The van der Waals surface area contributed by atoms with Crippen molar-refractivity contribution in [2.45, 2.75) is 25.8 Å². The van der Waals surface area contributed by atoms with Gasteiger partial charge in [-0.15, -0.1) is 0 Å². The molecule has 0 spiro atoms. The Morgan fingerprint density at radius 1 is 1.29 bits per heavy atom. The molecule has 1 saturated heterocycles. The molecule has 1 aromatic heterocycles. The van der Waals surface area contributed by atoms with E-state index in [9.17, 15) is 9.90 Å². The first-order chi connectivity index (χ1) is 10.2. The van der Waals surface area contributed by atoms with E-state index in [0.717, 1.165) is 36.5 Å². The van der Waals surface area contributed by atoms with Crippen molar-refractivity contribution < 1.29 is 14.3 Å². The zero-order valence-electron chi connectivity index (χ0n) is 12.1. The minimum absolute atomic E-state index is 0.00581. The van der Waals surface area contributed by atoms with Gasteiger partial charge in [-0.05, 0) is 44.0 Å². The summed E-state index contributed by atoms with van der Waals surface area (Å²) in [6.07, 6.45) is 1.84. The maximum Gasteiger partial charge on any atom is 0.254 e. The Labute approximate surface area is 124 Å². The number of aryl methyl sites for hydroxylation is 1. The van der Waals surface area contributed by atoms with E-state index < -0.39 is 0 Å². The van der Waals surface area contributed by atoms with E-state index in [2.05, 4.69) is 0 Å². The number of hydrogen-bond acceptors (Lipinski definition) is 3. The molecule has 4 heteroatoms. The number of likely N-dealkylation sites (tertiary alicyclic amines) is 1. The molecule has 1 aromatic carbocycles. The summed E-state index contributed by atoms with van der Waals surface area (Å²) in [5.41, 5.74) is 1.61. The van der Waals surface area contributed by atoms with Gasteiger partial charge in [0.05, 0.1) is 12.6 Å². The Morgan fingerprint density at radius 2 is 2.05 bits per heavy atom. The van der Waals surface area contributed by atoms with Crippen molar-refractivity contribution in [3.63, 3.8) is 0 Å². The lowest BCUT2D eigenvalue weighted by Gasteiger charge is -2.23. The highest BCUT2D eigenvalue weighted by Gasteiger charge is 2.28. The fourth-order valence-electron chi connectivity index (χ4n) is 2.83. The predicted octanol–water partition coefficient (Wildman–Crippen LogP) is 2.85. The smallest absolute Gasteiger partial charge is 0.254 e. The average Bonchev–Trinajstić information content (AvgIpc) is 3.15. The summed E-state index contributed by atoms with van der Waals surface area (Å²) >= 11 is 0. The number of amides is 1. The van der Waals surface area contributed by atoms with Crippen molar-refractivity contribution in [1.29, 1.82) is 0 Å². The SMILES string of the molecule is Cc1ccc(-c2ccc(C(=O)N3CCC[C@@H]3CO)cc2)o1. The molecule has 2 heterocycles. The van der Waals surface area contributed by atoms with Gasteiger partial charge in [-0.25, -0.2) is 0 Å². The zero-order valence-corrected chi connectivity index (χ0v) is 12.1. The second-order valence-electron chi connectivity index (χ2n) is 5.46. The Bertz CT molecular complexity index is 630. The van der Waals surface area contributed by atoms with Crippen LogP contribution < -0.4 is 0 Å². The standard InChI is InChI=1S/C17H19NO3/c1-12-4-9-16(21-12)13-5-7-14(8-6-13)17(20)18-10-2-3-15(18)11-19/h4-9,15,19H,2-3,10-11H2,1H3/t15-/m1/s1. The van der Waals surface area contributed by atoms with Crippen LogP contribution in [0.25, 0.3) is 11.3 Å². The molecular formula is C17H19NO3. The molecule has 21 heavy (non-hydrogen) atoms. The van der Waals surface area contributed by atoms with Crippen LogP contribution in [0.4, 0.5) is 0 Å². The van der Waals surface area contributed by atoms with Gasteiger partial charge in [0.1, 0.15) is 11.5 Å². The lowest BCUT2D eigenvalue weighted by molar-refractivity contribution is 0.0677. The summed E-state index contributed by atoms with van der Waals surface area (Å²) in [6, 6.07) is 11.2. The zero-order chi connectivity index (χ0) is 14.8. The van der Waals surface area contributed by atoms with Crippen molar-refractivity contribution in [1.82, 2.24) is 4.90 Å². The normalized spacial score (nSPS) is 18.2. The van der Waals surface area contributed by atoms with Crippen LogP contribution in [-0.2, 0) is 0 Å². The van der Waals surface area contributed by atoms with Gasteiger partial charge in [-0.3, -0.25) is 4.79 Å². The summed E-state index contributed by atoms with van der Waals surface area (Å²) in [7, 11) is 0. The molecule has 4 nitrogen and oxygen atoms in total. The van der Waals surface area contributed by atoms with E-state index in [0.29, 0.717) is 5.56 Å². The van der Waals surface area contributed by atoms with Gasteiger partial charge in [-0.2, -0.15) is 0 Å². The third-order valence-electron chi connectivity index (χ3n) is 4.01. The van der Waals surface area contributed by atoms with Gasteiger partial charge >= 0.3 is 0 Å². The molecule has 0 saturated carbocycles. The molecule has 1 amide bonds. The number of rotatable bonds is 3. The van der Waals surface area contributed by atoms with E-state index in [4.69, 9.17) is 4.42 Å². The largest absolute Gasteiger partial charge is 0.461 e. The molecule has 3 rings (SSSR count). The second kappa shape index (κ2) is 5.74. The maximum atomic E-state index is 12.5. The highest BCUT2D eigenvalue weighted by atomic mass is 16.3. The van der Waals surface area contributed by atoms with Gasteiger partial charge < -0.3 is 14.4 Å². The number of carbonyl (C=O) groups is 1. The number of aliphatic hydroxyl groups is 1. The van der Waals surface area contributed by atoms with Gasteiger partial charge in [0.25, 0.3) is 5.91 Å². The van der Waals surface area contributed by atoms with E-state index in [1.54, 1.807) is 4.90 Å². The third-order valence-corrected chi connectivity index (χ3v) is 4.01. The van der Waals surface area contributed by atoms with Crippen molar-refractivity contribution in [3.05, 3.63) is 47.7 Å². The molecule has 110 valence electrons. The molecule has 1 atom stereocenters. The number of benzene rings is 1. The molecular weight excluding hydrogens is 266 g/mol. The maximum absolute atomic E-state index is 12.5. The molecule has 2 aromatic rings. The topological polar surface area (TPSA) is 53.7 Å². The van der Waals surface area contributed by atoms with Crippen LogP contribution in [0.5, 0.6) is 0 Å². The first-order valence-electron chi connectivity index (χ1n) is 7.28. The highest BCUT2D eigenvalue weighted by Crippen LogP contribution is 2.24. The molecule has 0 bridgehead atoms. The molecule has 1 fully saturated rings. The Balaban J connectivity index is 1.79. The van der Waals surface area contributed by atoms with Gasteiger partial charge in [0, 0.05) is 17.7 Å². The van der Waals surface area contributed by atoms with E-state index in [1.165, 1.54) is 0 Å². The first-order valence-corrected chi connectivity index (χ1v) is 7.28. The minimum atomic E-state index is -0.0371. The summed E-state index contributed by atoms with van der Waals surface area (Å²) < 4.78 is 5.58. The van der Waals surface area contributed by atoms with Crippen molar-refractivity contribution in [2.24, 2.45) is 0 Å². The summed E-state index contributed by atoms with van der Waals surface area (Å²) in [6.45, 7) is 2.67. The molecule has 1 aliphatic heterocycles. The fourth-order valence-corrected chi connectivity index (χ4v) is 2.83. The Hall–Kier alpha value is -2.07. The third kappa shape index (κ3) is 2.72. The number of carbonyl (C=O) groups excluding carboxylic acids is 1. The molecule has 0 unspecified atom stereocenters. The van der Waals surface area contributed by atoms with E-state index in [-0.39, 0.29) is 18.6 Å². The summed E-state index contributed by atoms with van der Waals surface area (Å²) in [4.78, 5) is 14.2. The lowest BCUT2D eigenvalue weighted by atomic mass is 10.1. The van der Waals surface area contributed by atoms with Crippen LogP contribution in [0.15, 0.2) is 40.8 Å². The predicted molar refractivity (Wildman–Crippen MR) is 80.0 cm³/mol. The number of aliphatic hydroxyl groups excluding tert-OH is 1. The first kappa shape index (κ1) is 13.9. The number of furan rings is 1. The molecule has 1 N–H and O–H groups in total. The quantitative estimate of drug-likeness (QED) is 0.943. The molecule has 0 aliphatic carbocycles. The second-order valence-corrected chi connectivity index (χ2v) is 5.46. The van der Waals surface area contributed by atoms with Crippen LogP contribution in [-0.4, -0.2) is 35.1 Å². The number of hydrogen-bond donors (Lipinski definition) is 1. The monoisotopic (exact) mass is 285 g/mol. The summed E-state index contributed by atoms with van der Waals surface area (Å²) in [5.74, 6) is 1.67. The van der Waals surface area contributed by atoms with Crippen molar-refractivity contribution in [3.8, 4) is 11.3 Å². The van der Waals surface area contributed by atoms with Gasteiger partial charge in [-0.1, -0.05) is 12.1 Å². The van der Waals surface area contributed by atoms with E-state index >= 15 is 0 Å².